The van der Waals surface area contributed by atoms with Gasteiger partial charge in [-0.2, -0.15) is 0 Å². The second-order valence-corrected chi connectivity index (χ2v) is 5.36. The van der Waals surface area contributed by atoms with Crippen LogP contribution in [-0.4, -0.2) is 62.5 Å². The molecule has 0 unspecified atom stereocenters. The van der Waals surface area contributed by atoms with Crippen LogP contribution >= 0.6 is 11.6 Å². The van der Waals surface area contributed by atoms with Crippen molar-refractivity contribution in [3.05, 3.63) is 34.9 Å². The monoisotopic (exact) mass is 312 g/mol. The van der Waals surface area contributed by atoms with Crippen LogP contribution in [-0.2, 0) is 9.53 Å². The number of amides is 1. The molecular weight excluding hydrogens is 292 g/mol. The van der Waals surface area contributed by atoms with Crippen molar-refractivity contribution in [2.75, 3.05) is 40.8 Å². The van der Waals surface area contributed by atoms with Gasteiger partial charge in [-0.3, -0.25) is 9.59 Å². The molecule has 1 amide bonds. The molecule has 0 spiro atoms. The predicted octanol–water partition coefficient (Wildman–Crippen LogP) is 1.91. The Hall–Kier alpha value is -1.59. The number of rotatable bonds is 7. The molecule has 1 aromatic carbocycles. The summed E-state index contributed by atoms with van der Waals surface area (Å²) in [6, 6.07) is 6.73. The zero-order chi connectivity index (χ0) is 15.8. The van der Waals surface area contributed by atoms with Crippen LogP contribution in [0.5, 0.6) is 0 Å². The molecule has 6 heteroatoms. The number of carbonyl (C=O) groups is 2. The molecule has 0 heterocycles. The Morgan fingerprint density at radius 2 is 1.71 bits per heavy atom. The van der Waals surface area contributed by atoms with E-state index in [1.807, 2.05) is 19.0 Å². The largest absolute Gasteiger partial charge is 0.469 e. The van der Waals surface area contributed by atoms with Crippen LogP contribution in [0.2, 0.25) is 5.02 Å². The van der Waals surface area contributed by atoms with Gasteiger partial charge in [0.25, 0.3) is 5.91 Å². The molecular formula is C15H21ClN2O3. The molecule has 1 rings (SSSR count). The number of nitrogens with zero attached hydrogens (tertiary/aromatic N) is 2. The van der Waals surface area contributed by atoms with Crippen LogP contribution in [0.4, 0.5) is 0 Å². The van der Waals surface area contributed by atoms with Crippen molar-refractivity contribution in [1.29, 1.82) is 0 Å². The standard InChI is InChI=1S/C15H21ClN2O3/c1-17(2)10-11-18(9-8-14(19)21-3)15(20)12-4-6-13(16)7-5-12/h4-7H,8-11H2,1-3H3. The van der Waals surface area contributed by atoms with Crippen LogP contribution < -0.4 is 0 Å². The molecule has 0 saturated heterocycles. The summed E-state index contributed by atoms with van der Waals surface area (Å²) in [6.45, 7) is 1.61. The number of hydrogen-bond donors (Lipinski definition) is 0. The van der Waals surface area contributed by atoms with Gasteiger partial charge in [-0.05, 0) is 38.4 Å². The SMILES string of the molecule is COC(=O)CCN(CCN(C)C)C(=O)c1ccc(Cl)cc1. The van der Waals surface area contributed by atoms with Crippen LogP contribution in [0, 0.1) is 0 Å². The van der Waals surface area contributed by atoms with E-state index in [1.54, 1.807) is 29.2 Å². The van der Waals surface area contributed by atoms with Crippen molar-refractivity contribution in [2.24, 2.45) is 0 Å². The van der Waals surface area contributed by atoms with E-state index < -0.39 is 0 Å². The number of esters is 1. The summed E-state index contributed by atoms with van der Waals surface area (Å²) in [6.07, 6.45) is 0.184. The van der Waals surface area contributed by atoms with Crippen LogP contribution in [0.15, 0.2) is 24.3 Å². The smallest absolute Gasteiger partial charge is 0.307 e. The summed E-state index contributed by atoms with van der Waals surface area (Å²) >= 11 is 5.83. The molecule has 5 nitrogen and oxygen atoms in total. The van der Waals surface area contributed by atoms with E-state index in [9.17, 15) is 9.59 Å². The molecule has 21 heavy (non-hydrogen) atoms. The maximum atomic E-state index is 12.5. The summed E-state index contributed by atoms with van der Waals surface area (Å²) in [5.74, 6) is -0.439. The molecule has 0 fully saturated rings. The third-order valence-electron chi connectivity index (χ3n) is 3.01. The van der Waals surface area contributed by atoms with Gasteiger partial charge < -0.3 is 14.5 Å². The number of ether oxygens (including phenoxy) is 1. The van der Waals surface area contributed by atoms with Gasteiger partial charge in [0, 0.05) is 30.2 Å². The van der Waals surface area contributed by atoms with Crippen molar-refractivity contribution in [2.45, 2.75) is 6.42 Å². The van der Waals surface area contributed by atoms with E-state index in [1.165, 1.54) is 7.11 Å². The fourth-order valence-corrected chi connectivity index (χ4v) is 1.86. The summed E-state index contributed by atoms with van der Waals surface area (Å²) in [5.41, 5.74) is 0.558. The van der Waals surface area contributed by atoms with E-state index in [-0.39, 0.29) is 18.3 Å². The van der Waals surface area contributed by atoms with E-state index in [0.717, 1.165) is 6.54 Å². The number of carbonyl (C=O) groups excluding carboxylic acids is 2. The Labute approximate surface area is 130 Å². The first-order chi connectivity index (χ1) is 9.93. The minimum absolute atomic E-state index is 0.114. The molecule has 0 atom stereocenters. The number of likely N-dealkylation sites (N-methyl/N-ethyl adjacent to an activating group) is 1. The van der Waals surface area contributed by atoms with Crippen molar-refractivity contribution >= 4 is 23.5 Å². The lowest BCUT2D eigenvalue weighted by Crippen LogP contribution is -2.38. The van der Waals surface area contributed by atoms with Gasteiger partial charge in [0.15, 0.2) is 0 Å². The van der Waals surface area contributed by atoms with Crippen molar-refractivity contribution in [1.82, 2.24) is 9.80 Å². The van der Waals surface area contributed by atoms with Crippen LogP contribution in [0.25, 0.3) is 0 Å². The minimum atomic E-state index is -0.325. The zero-order valence-corrected chi connectivity index (χ0v) is 13.4. The highest BCUT2D eigenvalue weighted by Gasteiger charge is 2.17. The summed E-state index contributed by atoms with van der Waals surface area (Å²) < 4.78 is 4.62. The lowest BCUT2D eigenvalue weighted by molar-refractivity contribution is -0.140. The Morgan fingerprint density at radius 1 is 1.10 bits per heavy atom. The van der Waals surface area contributed by atoms with Crippen LogP contribution in [0.3, 0.4) is 0 Å². The summed E-state index contributed by atoms with van der Waals surface area (Å²) in [4.78, 5) is 27.4. The van der Waals surface area contributed by atoms with Crippen LogP contribution in [0.1, 0.15) is 16.8 Å². The zero-order valence-electron chi connectivity index (χ0n) is 12.6. The summed E-state index contributed by atoms with van der Waals surface area (Å²) in [5, 5.41) is 0.584. The molecule has 0 N–H and O–H groups in total. The maximum absolute atomic E-state index is 12.5. The van der Waals surface area contributed by atoms with Gasteiger partial charge in [-0.1, -0.05) is 11.6 Å². The number of halogens is 1. The number of benzene rings is 1. The molecule has 0 bridgehead atoms. The Morgan fingerprint density at radius 3 is 2.24 bits per heavy atom. The first-order valence-electron chi connectivity index (χ1n) is 6.70. The first-order valence-corrected chi connectivity index (χ1v) is 7.08. The normalized spacial score (nSPS) is 10.5. The maximum Gasteiger partial charge on any atom is 0.307 e. The Balaban J connectivity index is 2.75. The van der Waals surface area contributed by atoms with Gasteiger partial charge in [-0.25, -0.2) is 0 Å². The second-order valence-electron chi connectivity index (χ2n) is 4.93. The van der Waals surface area contributed by atoms with Gasteiger partial charge in [-0.15, -0.1) is 0 Å². The highest BCUT2D eigenvalue weighted by molar-refractivity contribution is 6.30. The van der Waals surface area contributed by atoms with E-state index in [4.69, 9.17) is 11.6 Å². The molecule has 0 aliphatic rings. The lowest BCUT2D eigenvalue weighted by atomic mass is 10.2. The highest BCUT2D eigenvalue weighted by atomic mass is 35.5. The molecule has 0 radical (unpaired) electrons. The third-order valence-corrected chi connectivity index (χ3v) is 3.26. The van der Waals surface area contributed by atoms with E-state index >= 15 is 0 Å². The fraction of sp³-hybridized carbons (Fsp3) is 0.467. The minimum Gasteiger partial charge on any atom is -0.469 e. The fourth-order valence-electron chi connectivity index (χ4n) is 1.74. The molecule has 0 aliphatic carbocycles. The second kappa shape index (κ2) is 8.64. The van der Waals surface area contributed by atoms with E-state index in [0.29, 0.717) is 23.7 Å². The van der Waals surface area contributed by atoms with Gasteiger partial charge in [0.1, 0.15) is 0 Å². The molecule has 0 aliphatic heterocycles. The Bertz CT molecular complexity index is 474. The van der Waals surface area contributed by atoms with Crippen molar-refractivity contribution < 1.29 is 14.3 Å². The first kappa shape index (κ1) is 17.5. The molecule has 1 aromatic rings. The van der Waals surface area contributed by atoms with Gasteiger partial charge in [0.05, 0.1) is 13.5 Å². The average molecular weight is 313 g/mol. The predicted molar refractivity (Wildman–Crippen MR) is 82.5 cm³/mol. The highest BCUT2D eigenvalue weighted by Crippen LogP contribution is 2.12. The molecule has 116 valence electrons. The Kier molecular flexibility index (Phi) is 7.19. The van der Waals surface area contributed by atoms with E-state index in [2.05, 4.69) is 4.74 Å². The van der Waals surface area contributed by atoms with Crippen molar-refractivity contribution in [3.63, 3.8) is 0 Å². The average Bonchev–Trinajstić information content (AvgIpc) is 2.46. The topological polar surface area (TPSA) is 49.9 Å². The number of hydrogen-bond acceptors (Lipinski definition) is 4. The lowest BCUT2D eigenvalue weighted by Gasteiger charge is -2.24. The number of methoxy groups -OCH3 is 1. The van der Waals surface area contributed by atoms with Gasteiger partial charge >= 0.3 is 5.97 Å². The summed E-state index contributed by atoms with van der Waals surface area (Å²) in [7, 11) is 5.21. The third kappa shape index (κ3) is 6.14. The molecule has 0 aromatic heterocycles. The van der Waals surface area contributed by atoms with Gasteiger partial charge in [0.2, 0.25) is 0 Å². The van der Waals surface area contributed by atoms with Crippen molar-refractivity contribution in [3.8, 4) is 0 Å². The molecule has 0 saturated carbocycles. The quantitative estimate of drug-likeness (QED) is 0.722.